The van der Waals surface area contributed by atoms with Crippen LogP contribution in [0.4, 0.5) is 0 Å². The van der Waals surface area contributed by atoms with Crippen molar-refractivity contribution in [2.24, 2.45) is 5.73 Å². The molecule has 3 N–H and O–H groups in total. The van der Waals surface area contributed by atoms with Crippen LogP contribution in [0.25, 0.3) is 0 Å². The molecular weight excluding hydrogens is 198 g/mol. The van der Waals surface area contributed by atoms with Crippen molar-refractivity contribution in [2.45, 2.75) is 45.6 Å². The number of rotatable bonds is 4. The average molecular weight is 221 g/mol. The van der Waals surface area contributed by atoms with Crippen LogP contribution in [0.1, 0.15) is 62.3 Å². The second-order valence-electron chi connectivity index (χ2n) is 4.95. The van der Waals surface area contributed by atoms with E-state index in [2.05, 4.69) is 45.9 Å². The molecule has 0 spiro atoms. The minimum atomic E-state index is -0.545. The predicted octanol–water partition coefficient (Wildman–Crippen LogP) is 2.93. The van der Waals surface area contributed by atoms with Crippen molar-refractivity contribution >= 4 is 0 Å². The monoisotopic (exact) mass is 221 g/mol. The van der Waals surface area contributed by atoms with Gasteiger partial charge in [0.05, 0.1) is 6.10 Å². The zero-order valence-corrected chi connectivity index (χ0v) is 10.7. The maximum absolute atomic E-state index is 9.94. The van der Waals surface area contributed by atoms with E-state index in [9.17, 15) is 5.11 Å². The zero-order chi connectivity index (χ0) is 12.3. The van der Waals surface area contributed by atoms with Gasteiger partial charge in [-0.1, -0.05) is 45.9 Å². The molecule has 2 nitrogen and oxygen atoms in total. The van der Waals surface area contributed by atoms with E-state index >= 15 is 0 Å². The summed E-state index contributed by atoms with van der Waals surface area (Å²) in [4.78, 5) is 0. The van der Waals surface area contributed by atoms with Crippen LogP contribution in [0.15, 0.2) is 18.2 Å². The number of nitrogens with two attached hydrogens (primary N) is 1. The molecule has 16 heavy (non-hydrogen) atoms. The molecule has 90 valence electrons. The second-order valence-corrected chi connectivity index (χ2v) is 4.95. The van der Waals surface area contributed by atoms with Crippen molar-refractivity contribution in [2.75, 3.05) is 6.54 Å². The molecule has 0 saturated carbocycles. The van der Waals surface area contributed by atoms with E-state index in [-0.39, 0.29) is 6.54 Å². The first-order valence-electron chi connectivity index (χ1n) is 5.99. The molecule has 1 unspecified atom stereocenters. The SMILES string of the molecule is CC(C)c1ccc(C(C)C)c(C(O)CN)c1. The van der Waals surface area contributed by atoms with Crippen molar-refractivity contribution in [1.29, 1.82) is 0 Å². The lowest BCUT2D eigenvalue weighted by atomic mass is 9.89. The fourth-order valence-corrected chi connectivity index (χ4v) is 1.89. The van der Waals surface area contributed by atoms with Crippen molar-refractivity contribution < 1.29 is 5.11 Å². The Morgan fingerprint density at radius 3 is 2.12 bits per heavy atom. The van der Waals surface area contributed by atoms with E-state index < -0.39 is 6.10 Å². The van der Waals surface area contributed by atoms with Crippen LogP contribution < -0.4 is 5.73 Å². The first-order chi connectivity index (χ1) is 7.47. The highest BCUT2D eigenvalue weighted by atomic mass is 16.3. The van der Waals surface area contributed by atoms with E-state index in [4.69, 9.17) is 5.73 Å². The molecule has 0 saturated heterocycles. The summed E-state index contributed by atoms with van der Waals surface area (Å²) >= 11 is 0. The van der Waals surface area contributed by atoms with Crippen molar-refractivity contribution in [3.63, 3.8) is 0 Å². The van der Waals surface area contributed by atoms with Gasteiger partial charge in [-0.25, -0.2) is 0 Å². The summed E-state index contributed by atoms with van der Waals surface area (Å²) in [5, 5.41) is 9.94. The van der Waals surface area contributed by atoms with Crippen molar-refractivity contribution in [3.8, 4) is 0 Å². The molecule has 1 aromatic carbocycles. The van der Waals surface area contributed by atoms with Gasteiger partial charge in [0.2, 0.25) is 0 Å². The highest BCUT2D eigenvalue weighted by Gasteiger charge is 2.14. The molecule has 1 atom stereocenters. The first-order valence-corrected chi connectivity index (χ1v) is 5.99. The fourth-order valence-electron chi connectivity index (χ4n) is 1.89. The summed E-state index contributed by atoms with van der Waals surface area (Å²) in [7, 11) is 0. The molecule has 0 aliphatic rings. The molecule has 0 fully saturated rings. The average Bonchev–Trinajstić information content (AvgIpc) is 2.26. The smallest absolute Gasteiger partial charge is 0.0915 e. The van der Waals surface area contributed by atoms with E-state index in [0.717, 1.165) is 5.56 Å². The predicted molar refractivity (Wildman–Crippen MR) is 68.6 cm³/mol. The van der Waals surface area contributed by atoms with Gasteiger partial charge in [-0.05, 0) is 28.5 Å². The molecule has 0 aliphatic carbocycles. The van der Waals surface area contributed by atoms with E-state index in [1.54, 1.807) is 0 Å². The molecule has 0 aromatic heterocycles. The highest BCUT2D eigenvalue weighted by Crippen LogP contribution is 2.28. The molecule has 0 amide bonds. The number of benzene rings is 1. The third kappa shape index (κ3) is 2.83. The number of aliphatic hydroxyl groups excluding tert-OH is 1. The minimum absolute atomic E-state index is 0.279. The third-order valence-electron chi connectivity index (χ3n) is 2.98. The normalized spacial score (nSPS) is 13.5. The van der Waals surface area contributed by atoms with Crippen LogP contribution in [0.3, 0.4) is 0 Å². The largest absolute Gasteiger partial charge is 0.387 e. The van der Waals surface area contributed by atoms with E-state index in [1.807, 2.05) is 0 Å². The van der Waals surface area contributed by atoms with Gasteiger partial charge >= 0.3 is 0 Å². The van der Waals surface area contributed by atoms with Crippen LogP contribution in [0, 0.1) is 0 Å². The van der Waals surface area contributed by atoms with Gasteiger partial charge in [0, 0.05) is 6.54 Å². The Morgan fingerprint density at radius 2 is 1.69 bits per heavy atom. The van der Waals surface area contributed by atoms with Gasteiger partial charge in [0.25, 0.3) is 0 Å². The lowest BCUT2D eigenvalue weighted by Gasteiger charge is -2.19. The Hall–Kier alpha value is -0.860. The number of hydrogen-bond acceptors (Lipinski definition) is 2. The van der Waals surface area contributed by atoms with Crippen LogP contribution in [-0.4, -0.2) is 11.7 Å². The Bertz CT molecular complexity index is 345. The number of aliphatic hydroxyl groups is 1. The highest BCUT2D eigenvalue weighted by molar-refractivity contribution is 5.37. The Balaban J connectivity index is 3.21. The van der Waals surface area contributed by atoms with Crippen LogP contribution in [0.2, 0.25) is 0 Å². The lowest BCUT2D eigenvalue weighted by molar-refractivity contribution is 0.185. The molecule has 0 radical (unpaired) electrons. The second kappa shape index (κ2) is 5.46. The summed E-state index contributed by atoms with van der Waals surface area (Å²) in [5.74, 6) is 0.891. The van der Waals surface area contributed by atoms with Gasteiger partial charge < -0.3 is 10.8 Å². The summed E-state index contributed by atoms with van der Waals surface area (Å²) in [6.45, 7) is 8.86. The van der Waals surface area contributed by atoms with Crippen molar-refractivity contribution in [3.05, 3.63) is 34.9 Å². The quantitative estimate of drug-likeness (QED) is 0.821. The molecule has 1 aromatic rings. The summed E-state index contributed by atoms with van der Waals surface area (Å²) in [6.07, 6.45) is -0.545. The fraction of sp³-hybridized carbons (Fsp3) is 0.571. The van der Waals surface area contributed by atoms with Gasteiger partial charge in [-0.15, -0.1) is 0 Å². The molecule has 0 aliphatic heterocycles. The van der Waals surface area contributed by atoms with Crippen LogP contribution >= 0.6 is 0 Å². The minimum Gasteiger partial charge on any atom is -0.387 e. The van der Waals surface area contributed by atoms with Crippen LogP contribution in [0.5, 0.6) is 0 Å². The Labute approximate surface area is 98.5 Å². The van der Waals surface area contributed by atoms with Gasteiger partial charge in [0.1, 0.15) is 0 Å². The lowest BCUT2D eigenvalue weighted by Crippen LogP contribution is -2.14. The Kier molecular flexibility index (Phi) is 4.51. The maximum atomic E-state index is 9.94. The topological polar surface area (TPSA) is 46.2 Å². The zero-order valence-electron chi connectivity index (χ0n) is 10.7. The van der Waals surface area contributed by atoms with Crippen LogP contribution in [-0.2, 0) is 0 Å². The summed E-state index contributed by atoms with van der Waals surface area (Å²) in [5.41, 5.74) is 8.99. The summed E-state index contributed by atoms with van der Waals surface area (Å²) in [6, 6.07) is 6.36. The molecule has 1 rings (SSSR count). The van der Waals surface area contributed by atoms with E-state index in [1.165, 1.54) is 11.1 Å². The van der Waals surface area contributed by atoms with E-state index in [0.29, 0.717) is 11.8 Å². The summed E-state index contributed by atoms with van der Waals surface area (Å²) < 4.78 is 0. The van der Waals surface area contributed by atoms with Gasteiger partial charge in [-0.3, -0.25) is 0 Å². The first kappa shape index (κ1) is 13.2. The van der Waals surface area contributed by atoms with Crippen molar-refractivity contribution in [1.82, 2.24) is 0 Å². The molecule has 0 heterocycles. The molecular formula is C14H23NO. The number of hydrogen-bond donors (Lipinski definition) is 2. The van der Waals surface area contributed by atoms with Gasteiger partial charge in [0.15, 0.2) is 0 Å². The maximum Gasteiger partial charge on any atom is 0.0915 e. The standard InChI is InChI=1S/C14H23NO/c1-9(2)11-5-6-12(10(3)4)13(7-11)14(16)8-15/h5-7,9-10,14,16H,8,15H2,1-4H3. The van der Waals surface area contributed by atoms with Gasteiger partial charge in [-0.2, -0.15) is 0 Å². The third-order valence-corrected chi connectivity index (χ3v) is 2.98. The Morgan fingerprint density at radius 1 is 1.06 bits per heavy atom. The molecule has 0 bridgehead atoms. The molecule has 2 heteroatoms.